The van der Waals surface area contributed by atoms with E-state index >= 15 is 0 Å². The maximum Gasteiger partial charge on any atom is 0.673 e. The summed E-state index contributed by atoms with van der Waals surface area (Å²) in [7, 11) is -1.05. The molecule has 0 atom stereocenters. The molecule has 10 aromatic rings. The van der Waals surface area contributed by atoms with Crippen LogP contribution in [-0.2, 0) is 0 Å². The SMILES string of the molecule is CC(C)c1cccc(C(C)C)c1N=c1cccc(-c2cccc3ccccc23)n1OB(On1c(-c2cccc3ccccc23)cccc1=Nc1c(C(C)C)cccc1C(C)C)c1cccc2ccccc12. The molecule has 2 heterocycles. The van der Waals surface area contributed by atoms with Gasteiger partial charge in [0.1, 0.15) is 0 Å². The van der Waals surface area contributed by atoms with Gasteiger partial charge in [0, 0.05) is 16.6 Å². The van der Waals surface area contributed by atoms with Gasteiger partial charge in [-0.1, -0.05) is 231 Å². The quantitative estimate of drug-likeness (QED) is 0.108. The molecule has 0 amide bonds. The molecule has 352 valence electrons. The highest BCUT2D eigenvalue weighted by atomic mass is 16.8. The van der Waals surface area contributed by atoms with Crippen LogP contribution < -0.4 is 25.9 Å². The zero-order chi connectivity index (χ0) is 49.2. The van der Waals surface area contributed by atoms with Crippen molar-refractivity contribution in [3.8, 4) is 22.5 Å². The first-order valence-electron chi connectivity index (χ1n) is 25.1. The lowest BCUT2D eigenvalue weighted by atomic mass is 9.76. The first kappa shape index (κ1) is 46.8. The monoisotopic (exact) mass is 928 g/mol. The van der Waals surface area contributed by atoms with Gasteiger partial charge in [0.05, 0.1) is 22.8 Å². The number of pyridine rings is 2. The van der Waals surface area contributed by atoms with Crippen molar-refractivity contribution in [3.63, 3.8) is 0 Å². The number of fused-ring (bicyclic) bond motifs is 3. The Morgan fingerprint density at radius 3 is 1.07 bits per heavy atom. The van der Waals surface area contributed by atoms with Crippen LogP contribution in [0.25, 0.3) is 54.8 Å². The Labute approximate surface area is 418 Å². The molecule has 0 unspecified atom stereocenters. The average molecular weight is 929 g/mol. The predicted octanol–water partition coefficient (Wildman–Crippen LogP) is 15.0. The van der Waals surface area contributed by atoms with Gasteiger partial charge in [-0.3, -0.25) is 0 Å². The van der Waals surface area contributed by atoms with Crippen LogP contribution in [0.5, 0.6) is 0 Å². The van der Waals surface area contributed by atoms with Crippen molar-refractivity contribution in [2.45, 2.75) is 79.1 Å². The number of hydrogen-bond donors (Lipinski definition) is 0. The second kappa shape index (κ2) is 20.2. The standard InChI is InChI=1S/C64H61BN4O2/c1-42(2)49-31-18-32-50(43(3)4)63(49)66-61-40-20-38-59(56-35-15-25-46-22-9-12-28-53(46)56)68(61)70-65(58-37-17-27-48-24-11-14-30-55(48)58)71-69-60(57-36-16-26-47-23-10-13-29-54(47)57)39-21-41-62(69)67-64-51(44(5)6)33-19-34-52(64)45(7)8/h9-45H,1-8H3. The van der Waals surface area contributed by atoms with Crippen LogP contribution >= 0.6 is 0 Å². The Balaban J connectivity index is 1.30. The normalized spacial score (nSPS) is 12.3. The Hall–Kier alpha value is -7.90. The van der Waals surface area contributed by atoms with Crippen LogP contribution in [0.2, 0.25) is 0 Å². The number of nitrogens with zero attached hydrogens (tertiary/aromatic N) is 4. The van der Waals surface area contributed by atoms with Crippen molar-refractivity contribution in [3.05, 3.63) is 233 Å². The summed E-state index contributed by atoms with van der Waals surface area (Å²) in [6.07, 6.45) is 0. The number of aromatic nitrogens is 2. The summed E-state index contributed by atoms with van der Waals surface area (Å²) in [6, 6.07) is 70.2. The lowest BCUT2D eigenvalue weighted by molar-refractivity contribution is 0.165. The lowest BCUT2D eigenvalue weighted by Crippen LogP contribution is -2.54. The minimum atomic E-state index is -1.05. The molecule has 10 rings (SSSR count). The first-order chi connectivity index (χ1) is 34.5. The van der Waals surface area contributed by atoms with E-state index in [2.05, 4.69) is 243 Å². The van der Waals surface area contributed by atoms with Crippen molar-refractivity contribution < 1.29 is 9.51 Å². The van der Waals surface area contributed by atoms with E-state index in [9.17, 15) is 0 Å². The number of hydrogen-bond acceptors (Lipinski definition) is 4. The molecular weight excluding hydrogens is 868 g/mol. The van der Waals surface area contributed by atoms with Gasteiger partial charge in [-0.25, -0.2) is 9.98 Å². The van der Waals surface area contributed by atoms with Gasteiger partial charge in [-0.05, 0) is 103 Å². The molecule has 0 fully saturated rings. The predicted molar refractivity (Wildman–Crippen MR) is 297 cm³/mol. The fraction of sp³-hybridized carbons (Fsp3) is 0.188. The van der Waals surface area contributed by atoms with Gasteiger partial charge in [0.2, 0.25) is 0 Å². The Morgan fingerprint density at radius 1 is 0.338 bits per heavy atom. The van der Waals surface area contributed by atoms with Crippen LogP contribution in [0.3, 0.4) is 0 Å². The van der Waals surface area contributed by atoms with E-state index < -0.39 is 7.12 Å². The number of rotatable bonds is 13. The van der Waals surface area contributed by atoms with Gasteiger partial charge in [-0.2, -0.15) is 9.46 Å². The summed E-state index contributed by atoms with van der Waals surface area (Å²) in [5.74, 6) is 0.930. The summed E-state index contributed by atoms with van der Waals surface area (Å²) in [5, 5.41) is 6.51. The number of benzene rings is 8. The van der Waals surface area contributed by atoms with E-state index in [1.807, 2.05) is 21.6 Å². The molecule has 8 aromatic carbocycles. The third-order valence-electron chi connectivity index (χ3n) is 13.6. The van der Waals surface area contributed by atoms with Crippen molar-refractivity contribution in [2.75, 3.05) is 0 Å². The highest BCUT2D eigenvalue weighted by Gasteiger charge is 2.33. The van der Waals surface area contributed by atoms with Crippen molar-refractivity contribution in [1.29, 1.82) is 0 Å². The molecule has 0 spiro atoms. The molecule has 2 aromatic heterocycles. The lowest BCUT2D eigenvalue weighted by Gasteiger charge is -2.25. The first-order valence-corrected chi connectivity index (χ1v) is 25.1. The molecule has 0 N–H and O–H groups in total. The molecule has 6 nitrogen and oxygen atoms in total. The average Bonchev–Trinajstić information content (AvgIpc) is 3.38. The molecule has 0 bridgehead atoms. The number of para-hydroxylation sites is 2. The molecule has 0 aliphatic carbocycles. The Bertz CT molecular complexity index is 3440. The van der Waals surface area contributed by atoms with Gasteiger partial charge < -0.3 is 9.51 Å². The topological polar surface area (TPSA) is 53.0 Å². The summed E-state index contributed by atoms with van der Waals surface area (Å²) < 4.78 is 19.2. The third-order valence-corrected chi connectivity index (χ3v) is 13.6. The van der Waals surface area contributed by atoms with Crippen LogP contribution in [0.1, 0.15) is 101 Å². The summed E-state index contributed by atoms with van der Waals surface area (Å²) in [6.45, 7) is 17.9. The van der Waals surface area contributed by atoms with Crippen LogP contribution in [0.15, 0.2) is 210 Å². The summed E-state index contributed by atoms with van der Waals surface area (Å²) in [5.41, 5.74) is 12.4. The van der Waals surface area contributed by atoms with Gasteiger partial charge in [0.25, 0.3) is 0 Å². The van der Waals surface area contributed by atoms with Gasteiger partial charge in [-0.15, -0.1) is 0 Å². The van der Waals surface area contributed by atoms with Crippen LogP contribution in [0.4, 0.5) is 11.4 Å². The van der Waals surface area contributed by atoms with E-state index in [1.165, 1.54) is 22.3 Å². The molecule has 71 heavy (non-hydrogen) atoms. The van der Waals surface area contributed by atoms with E-state index in [0.717, 1.165) is 71.7 Å². The van der Waals surface area contributed by atoms with E-state index in [0.29, 0.717) is 11.0 Å². The Morgan fingerprint density at radius 2 is 0.662 bits per heavy atom. The van der Waals surface area contributed by atoms with Crippen molar-refractivity contribution >= 4 is 56.3 Å². The Kier molecular flexibility index (Phi) is 13.3. The third kappa shape index (κ3) is 9.33. The zero-order valence-electron chi connectivity index (χ0n) is 42.0. The summed E-state index contributed by atoms with van der Waals surface area (Å²) in [4.78, 5) is 11.3. The summed E-state index contributed by atoms with van der Waals surface area (Å²) >= 11 is 0. The van der Waals surface area contributed by atoms with E-state index in [4.69, 9.17) is 19.5 Å². The van der Waals surface area contributed by atoms with E-state index in [1.54, 1.807) is 0 Å². The van der Waals surface area contributed by atoms with Crippen LogP contribution in [0, 0.1) is 0 Å². The van der Waals surface area contributed by atoms with Gasteiger partial charge in [0.15, 0.2) is 11.0 Å². The molecule has 0 saturated carbocycles. The van der Waals surface area contributed by atoms with Crippen molar-refractivity contribution in [1.82, 2.24) is 9.46 Å². The largest absolute Gasteiger partial charge is 0.673 e. The second-order valence-corrected chi connectivity index (χ2v) is 19.7. The smallest absolute Gasteiger partial charge is 0.428 e. The second-order valence-electron chi connectivity index (χ2n) is 19.7. The fourth-order valence-corrected chi connectivity index (χ4v) is 9.94. The highest BCUT2D eigenvalue weighted by molar-refractivity contribution is 6.64. The van der Waals surface area contributed by atoms with Gasteiger partial charge >= 0.3 is 7.12 Å². The molecule has 0 saturated heterocycles. The maximum atomic E-state index is 7.70. The molecule has 0 aliphatic heterocycles. The maximum absolute atomic E-state index is 7.70. The fourth-order valence-electron chi connectivity index (χ4n) is 9.94. The molecule has 0 aliphatic rings. The molecular formula is C64H61BN4O2. The van der Waals surface area contributed by atoms with E-state index in [-0.39, 0.29) is 23.7 Å². The van der Waals surface area contributed by atoms with Crippen molar-refractivity contribution in [2.24, 2.45) is 9.98 Å². The minimum absolute atomic E-state index is 0.232. The molecule has 7 heteroatoms. The van der Waals surface area contributed by atoms with Crippen LogP contribution in [-0.4, -0.2) is 16.6 Å². The molecule has 0 radical (unpaired) electrons. The highest BCUT2D eigenvalue weighted by Crippen LogP contribution is 2.37. The minimum Gasteiger partial charge on any atom is -0.428 e. The zero-order valence-corrected chi connectivity index (χ0v) is 42.0.